The molecule has 3 nitrogen and oxygen atoms in total. The van der Waals surface area contributed by atoms with Gasteiger partial charge in [0.25, 0.3) is 0 Å². The number of benzene rings is 11. The lowest BCUT2D eigenvalue weighted by molar-refractivity contribution is 0.646. The van der Waals surface area contributed by atoms with Crippen LogP contribution in [0.15, 0.2) is 291 Å². The van der Waals surface area contributed by atoms with Gasteiger partial charge in [-0.2, -0.15) is 0 Å². The van der Waals surface area contributed by atoms with Crippen LogP contribution < -0.4 is 0 Å². The van der Waals surface area contributed by atoms with E-state index in [0.29, 0.717) is 0 Å². The number of aromatic nitrogens is 3. The van der Waals surface area contributed by atoms with Crippen molar-refractivity contribution in [2.75, 3.05) is 0 Å². The lowest BCUT2D eigenvalue weighted by atomic mass is 9.81. The smallest absolute Gasteiger partial charge is 0.0560 e. The number of allylic oxidation sites excluding steroid dienone is 12. The summed E-state index contributed by atoms with van der Waals surface area (Å²) in [4.78, 5) is 0. The molecule has 0 bridgehead atoms. The summed E-state index contributed by atoms with van der Waals surface area (Å²) < 4.78 is 7.41. The summed E-state index contributed by atoms with van der Waals surface area (Å²) in [6.07, 6.45) is 36.3. The maximum Gasteiger partial charge on any atom is 0.0560 e. The van der Waals surface area contributed by atoms with Crippen LogP contribution in [0.4, 0.5) is 0 Å². The Kier molecular flexibility index (Phi) is 13.2. The molecule has 3 heterocycles. The first kappa shape index (κ1) is 54.0. The average molecular weight is 1180 g/mol. The number of nitrogens with zero attached hydrogens (tertiary/aromatic N) is 3. The predicted molar refractivity (Wildman–Crippen MR) is 392 cm³/mol. The Morgan fingerprint density at radius 1 is 0.413 bits per heavy atom. The molecule has 0 saturated carbocycles. The minimum atomic E-state index is 0.147. The average Bonchev–Trinajstić information content (AvgIpc) is 1.49. The fourth-order valence-electron chi connectivity index (χ4n) is 16.0. The van der Waals surface area contributed by atoms with Gasteiger partial charge in [-0.15, -0.1) is 0 Å². The number of rotatable bonds is 11. The Morgan fingerprint density at radius 3 is 1.49 bits per heavy atom. The summed E-state index contributed by atoms with van der Waals surface area (Å²) in [5.74, 6) is 0.147. The maximum absolute atomic E-state index is 2.54. The van der Waals surface area contributed by atoms with Crippen LogP contribution in [-0.4, -0.2) is 13.7 Å². The first-order chi connectivity index (χ1) is 45.6. The molecule has 0 aliphatic heterocycles. The van der Waals surface area contributed by atoms with E-state index in [1.165, 1.54) is 143 Å². The van der Waals surface area contributed by atoms with Gasteiger partial charge in [0.05, 0.1) is 28.1 Å². The standard InChI is InChI=1S/C89H67N3/c1-2-22-73-64(19-1)56-67(74-23-5-6-24-75(73)74)55-59-37-39-60(40-38-59)82(61-43-49-68(50-44-61)90-84-31-13-7-25-76(84)77-26-8-14-32-85(77)90)57-65-41-42-66(72-21-4-3-20-71(65)72)58-83(62-45-51-69(52-46-62)91-86-33-15-9-27-78(86)79-28-10-16-34-87(79)91)63-47-53-70(54-48-63)92-88-35-17-11-29-80(88)81-30-12-18-36-89(81)92/h1,3-5,7-21,23,25-43,45-53,56-58,61,70H,2,6,22,24,44,54-55H2/b82-57-,83-58-. The quantitative estimate of drug-likeness (QED) is 0.115. The first-order valence-electron chi connectivity index (χ1n) is 33.0. The minimum absolute atomic E-state index is 0.147. The lowest BCUT2D eigenvalue weighted by Crippen LogP contribution is -2.09. The Bertz CT molecular complexity index is 5440. The largest absolute Gasteiger partial charge is 0.333 e. The van der Waals surface area contributed by atoms with Crippen LogP contribution in [0.1, 0.15) is 87.4 Å². The van der Waals surface area contributed by atoms with Crippen LogP contribution in [0, 0.1) is 5.92 Å². The van der Waals surface area contributed by atoms with Crippen molar-refractivity contribution in [1.82, 2.24) is 13.7 Å². The van der Waals surface area contributed by atoms with Crippen LogP contribution in [-0.2, 0) is 19.3 Å². The van der Waals surface area contributed by atoms with Crippen LogP contribution in [0.3, 0.4) is 0 Å². The highest BCUT2D eigenvalue weighted by molar-refractivity contribution is 6.12. The molecule has 0 fully saturated rings. The molecule has 18 rings (SSSR count). The second-order valence-corrected chi connectivity index (χ2v) is 25.5. The second-order valence-electron chi connectivity index (χ2n) is 25.5. The fourth-order valence-corrected chi connectivity index (χ4v) is 16.0. The van der Waals surface area contributed by atoms with Crippen molar-refractivity contribution in [3.63, 3.8) is 0 Å². The predicted octanol–water partition coefficient (Wildman–Crippen LogP) is 23.0. The van der Waals surface area contributed by atoms with Crippen molar-refractivity contribution in [2.45, 2.75) is 51.0 Å². The molecule has 14 aromatic rings. The number of para-hydroxylation sites is 6. The molecule has 92 heavy (non-hydrogen) atoms. The summed E-state index contributed by atoms with van der Waals surface area (Å²) in [5, 5.41) is 10.1. The molecule has 0 spiro atoms. The SMILES string of the molecule is C1=Cc2cc(Cc3ccc(/C(=C/c4ccc(/C=C(\C5=CCC(n6c7ccccc7c7ccccc76)C=C5)c5ccc(-n6c7ccccc7c7ccccc76)cc5)c5ccccc45)C4C=CC(n5c6ccccc6c6ccccc65)=CC4)cc3)c3c(c2CC1)CCC=C3. The van der Waals surface area contributed by atoms with Gasteiger partial charge >= 0.3 is 0 Å². The molecule has 0 saturated heterocycles. The van der Waals surface area contributed by atoms with Crippen LogP contribution in [0.2, 0.25) is 0 Å². The molecular weight excluding hydrogens is 1110 g/mol. The van der Waals surface area contributed by atoms with Gasteiger partial charge < -0.3 is 13.7 Å². The molecule has 4 aliphatic carbocycles. The van der Waals surface area contributed by atoms with Crippen molar-refractivity contribution in [3.05, 3.63) is 346 Å². The Morgan fingerprint density at radius 2 is 0.924 bits per heavy atom. The zero-order chi connectivity index (χ0) is 60.6. The normalized spacial score (nSPS) is 16.6. The van der Waals surface area contributed by atoms with Crippen LogP contribution in [0.25, 0.3) is 123 Å². The van der Waals surface area contributed by atoms with Crippen molar-refractivity contribution in [3.8, 4) is 5.69 Å². The van der Waals surface area contributed by atoms with E-state index in [-0.39, 0.29) is 12.0 Å². The summed E-state index contributed by atoms with van der Waals surface area (Å²) >= 11 is 0. The topological polar surface area (TPSA) is 14.8 Å². The van der Waals surface area contributed by atoms with Crippen LogP contribution >= 0.6 is 0 Å². The van der Waals surface area contributed by atoms with E-state index >= 15 is 0 Å². The summed E-state index contributed by atoms with van der Waals surface area (Å²) in [5.41, 5.74) is 27.2. The number of fused-ring (bicyclic) bond motifs is 13. The molecule has 4 aliphatic rings. The highest BCUT2D eigenvalue weighted by Gasteiger charge is 2.24. The van der Waals surface area contributed by atoms with Gasteiger partial charge in [0, 0.05) is 60.7 Å². The fraction of sp³-hybridized carbons (Fsp3) is 0.101. The second kappa shape index (κ2) is 22.5. The number of hydrogen-bond acceptors (Lipinski definition) is 0. The van der Waals surface area contributed by atoms with Gasteiger partial charge in [0.15, 0.2) is 0 Å². The Balaban J connectivity index is 0.745. The van der Waals surface area contributed by atoms with Crippen molar-refractivity contribution < 1.29 is 0 Å². The molecule has 3 aromatic heterocycles. The third kappa shape index (κ3) is 9.17. The zero-order valence-corrected chi connectivity index (χ0v) is 51.4. The maximum atomic E-state index is 2.54. The van der Waals surface area contributed by atoms with E-state index in [1.54, 1.807) is 11.1 Å². The van der Waals surface area contributed by atoms with E-state index in [2.05, 4.69) is 323 Å². The van der Waals surface area contributed by atoms with Gasteiger partial charge in [-0.1, -0.05) is 243 Å². The van der Waals surface area contributed by atoms with Gasteiger partial charge in [0.1, 0.15) is 0 Å². The molecule has 2 unspecified atom stereocenters. The van der Waals surface area contributed by atoms with E-state index in [4.69, 9.17) is 0 Å². The van der Waals surface area contributed by atoms with Gasteiger partial charge in [-0.25, -0.2) is 0 Å². The third-order valence-corrected chi connectivity index (χ3v) is 20.4. The van der Waals surface area contributed by atoms with Crippen LogP contribution in [0.5, 0.6) is 0 Å². The molecule has 11 aromatic carbocycles. The van der Waals surface area contributed by atoms with Crippen molar-refractivity contribution >= 4 is 117 Å². The Hall–Kier alpha value is -11.0. The molecular formula is C89H67N3. The lowest BCUT2D eigenvalue weighted by Gasteiger charge is -2.24. The molecule has 438 valence electrons. The molecule has 3 heteroatoms. The van der Waals surface area contributed by atoms with E-state index < -0.39 is 0 Å². The highest BCUT2D eigenvalue weighted by Crippen LogP contribution is 2.43. The molecule has 0 amide bonds. The highest BCUT2D eigenvalue weighted by atomic mass is 15.0. The molecule has 0 N–H and O–H groups in total. The summed E-state index contributed by atoms with van der Waals surface area (Å²) in [6.45, 7) is 0. The van der Waals surface area contributed by atoms with Crippen molar-refractivity contribution in [1.29, 1.82) is 0 Å². The monoisotopic (exact) mass is 1180 g/mol. The molecule has 0 radical (unpaired) electrons. The molecule has 2 atom stereocenters. The van der Waals surface area contributed by atoms with Gasteiger partial charge in [-0.05, 0) is 195 Å². The zero-order valence-electron chi connectivity index (χ0n) is 51.4. The van der Waals surface area contributed by atoms with Crippen molar-refractivity contribution in [2.24, 2.45) is 5.92 Å². The van der Waals surface area contributed by atoms with Gasteiger partial charge in [0.2, 0.25) is 0 Å². The van der Waals surface area contributed by atoms with E-state index in [9.17, 15) is 0 Å². The summed E-state index contributed by atoms with van der Waals surface area (Å²) in [6, 6.07) is 88.4. The first-order valence-corrected chi connectivity index (χ1v) is 33.0. The minimum Gasteiger partial charge on any atom is -0.333 e. The van der Waals surface area contributed by atoms with E-state index in [1.807, 2.05) is 0 Å². The van der Waals surface area contributed by atoms with E-state index in [0.717, 1.165) is 50.6 Å². The third-order valence-electron chi connectivity index (χ3n) is 20.4. The number of hydrogen-bond donors (Lipinski definition) is 0. The summed E-state index contributed by atoms with van der Waals surface area (Å²) in [7, 11) is 0. The Labute approximate surface area is 536 Å². The van der Waals surface area contributed by atoms with Gasteiger partial charge in [-0.3, -0.25) is 0 Å².